The second-order valence-corrected chi connectivity index (χ2v) is 13.2. The fourth-order valence-corrected chi connectivity index (χ4v) is 6.68. The molecule has 50 heavy (non-hydrogen) atoms. The predicted molar refractivity (Wildman–Crippen MR) is 189 cm³/mol. The van der Waals surface area contributed by atoms with Crippen LogP contribution in [0.5, 0.6) is 0 Å². The molecule has 0 spiro atoms. The Morgan fingerprint density at radius 3 is 2.40 bits per heavy atom. The normalized spacial score (nSPS) is 14.3. The van der Waals surface area contributed by atoms with Crippen molar-refractivity contribution in [2.24, 2.45) is 0 Å². The summed E-state index contributed by atoms with van der Waals surface area (Å²) in [5, 5.41) is 15.1. The van der Waals surface area contributed by atoms with Crippen LogP contribution in [0.3, 0.4) is 0 Å². The van der Waals surface area contributed by atoms with E-state index in [1.165, 1.54) is 19.2 Å². The lowest BCUT2D eigenvalue weighted by Gasteiger charge is -2.36. The van der Waals surface area contributed by atoms with Crippen LogP contribution in [-0.4, -0.2) is 85.0 Å². The van der Waals surface area contributed by atoms with Crippen LogP contribution in [0.1, 0.15) is 87.8 Å². The number of ether oxygens (including phenoxy) is 1. The smallest absolute Gasteiger partial charge is 0.374 e. The molecule has 0 fully saturated rings. The second kappa shape index (κ2) is 17.2. The number of carbonyl (C=O) groups is 3. The summed E-state index contributed by atoms with van der Waals surface area (Å²) in [5.74, 6) is -1.32. The van der Waals surface area contributed by atoms with Crippen molar-refractivity contribution >= 4 is 34.5 Å². The summed E-state index contributed by atoms with van der Waals surface area (Å²) in [6.45, 7) is 7.33. The van der Waals surface area contributed by atoms with E-state index in [1.54, 1.807) is 33.8 Å². The number of aryl methyl sites for hydroxylation is 1. The summed E-state index contributed by atoms with van der Waals surface area (Å²) >= 11 is 0. The number of amides is 2. The molecule has 0 bridgehead atoms. The summed E-state index contributed by atoms with van der Waals surface area (Å²) < 4.78 is 27.8. The first-order valence-corrected chi connectivity index (χ1v) is 17.7. The number of unbranched alkanes of at least 4 members (excludes halogenated alkanes) is 2. The molecule has 1 aliphatic rings. The van der Waals surface area contributed by atoms with Gasteiger partial charge in [-0.1, -0.05) is 51.0 Å². The zero-order chi connectivity index (χ0) is 35.1. The first-order chi connectivity index (χ1) is 23.7. The van der Waals surface area contributed by atoms with Crippen LogP contribution < -0.4 is 4.72 Å². The number of benzene rings is 2. The molecule has 0 radical (unpaired) electrons. The summed E-state index contributed by atoms with van der Waals surface area (Å²) in [5.41, 5.74) is 3.99. The highest BCUT2D eigenvalue weighted by Gasteiger charge is 2.32. The van der Waals surface area contributed by atoms with E-state index in [4.69, 9.17) is 9.52 Å². The molecule has 14 heteroatoms. The van der Waals surface area contributed by atoms with Gasteiger partial charge >= 0.3 is 5.97 Å². The van der Waals surface area contributed by atoms with Crippen LogP contribution in [0.25, 0.3) is 5.69 Å². The van der Waals surface area contributed by atoms with Gasteiger partial charge in [0.2, 0.25) is 10.9 Å². The van der Waals surface area contributed by atoms with E-state index in [2.05, 4.69) is 23.3 Å². The first-order valence-electron chi connectivity index (χ1n) is 16.5. The Kier molecular flexibility index (Phi) is 13.1. The maximum Gasteiger partial charge on any atom is 0.374 e. The number of furan rings is 1. The molecular formula is C36H45N5O8S. The number of aliphatic hydroxyl groups excluding tert-OH is 1. The second-order valence-electron chi connectivity index (χ2n) is 12.0. The number of hydrogen-bond acceptors (Lipinski definition) is 8. The maximum absolute atomic E-state index is 14.5. The molecule has 4 aromatic rings. The average molecular weight is 708 g/mol. The van der Waals surface area contributed by atoms with Crippen molar-refractivity contribution in [3.8, 4) is 5.69 Å². The van der Waals surface area contributed by atoms with E-state index in [9.17, 15) is 23.7 Å². The first kappa shape index (κ1) is 38.0. The Hall–Kier alpha value is -4.79. The van der Waals surface area contributed by atoms with Crippen LogP contribution in [0.15, 0.2) is 70.2 Å². The Morgan fingerprint density at radius 1 is 1.04 bits per heavy atom. The molecule has 13 nitrogen and oxygen atoms in total. The largest absolute Gasteiger partial charge is 0.463 e. The summed E-state index contributed by atoms with van der Waals surface area (Å²) in [4.78, 5) is 43.5. The fourth-order valence-electron chi connectivity index (χ4n) is 5.88. The number of aromatic nitrogens is 2. The number of methoxy groups -OCH3 is 1. The minimum atomic E-state index is -1.93. The molecule has 3 heterocycles. The Bertz CT molecular complexity index is 1830. The minimum absolute atomic E-state index is 0. The van der Waals surface area contributed by atoms with Crippen molar-refractivity contribution in [3.05, 3.63) is 94.5 Å². The van der Waals surface area contributed by atoms with Crippen molar-refractivity contribution in [2.75, 3.05) is 31.5 Å². The highest BCUT2D eigenvalue weighted by atomic mass is 32.2. The van der Waals surface area contributed by atoms with Gasteiger partial charge in [0.15, 0.2) is 16.7 Å². The van der Waals surface area contributed by atoms with Gasteiger partial charge < -0.3 is 29.5 Å². The predicted octanol–water partition coefficient (Wildman–Crippen LogP) is 4.47. The van der Waals surface area contributed by atoms with Gasteiger partial charge in [-0.15, -0.1) is 0 Å². The van der Waals surface area contributed by atoms with Crippen molar-refractivity contribution in [2.45, 2.75) is 70.6 Å². The van der Waals surface area contributed by atoms with Crippen molar-refractivity contribution in [3.63, 3.8) is 0 Å². The summed E-state index contributed by atoms with van der Waals surface area (Å²) in [7, 11) is -0.708. The van der Waals surface area contributed by atoms with E-state index in [-0.39, 0.29) is 52.6 Å². The molecule has 1 unspecified atom stereocenters. The maximum atomic E-state index is 14.5. The van der Waals surface area contributed by atoms with E-state index in [1.807, 2.05) is 36.1 Å². The Balaban J connectivity index is 0.00000562. The molecule has 1 aliphatic heterocycles. The van der Waals surface area contributed by atoms with Gasteiger partial charge in [-0.2, -0.15) is 5.10 Å². The monoisotopic (exact) mass is 707 g/mol. The molecule has 0 aliphatic carbocycles. The molecule has 0 saturated heterocycles. The van der Waals surface area contributed by atoms with E-state index in [0.717, 1.165) is 36.8 Å². The highest BCUT2D eigenvalue weighted by molar-refractivity contribution is 7.86. The number of anilines is 1. The van der Waals surface area contributed by atoms with Crippen LogP contribution in [0.4, 0.5) is 5.69 Å². The molecule has 2 amide bonds. The van der Waals surface area contributed by atoms with E-state index in [0.29, 0.717) is 36.6 Å². The van der Waals surface area contributed by atoms with Crippen molar-refractivity contribution in [1.29, 1.82) is 0 Å². The van der Waals surface area contributed by atoms with Gasteiger partial charge in [-0.25, -0.2) is 13.7 Å². The van der Waals surface area contributed by atoms with Gasteiger partial charge in [0.25, 0.3) is 11.8 Å². The number of hydrogen-bond donors (Lipinski definition) is 2. The van der Waals surface area contributed by atoms with Gasteiger partial charge in [0.1, 0.15) is 0 Å². The number of esters is 1. The fraction of sp³-hybridized carbons (Fsp3) is 0.389. The number of nitrogens with zero attached hydrogens (tertiary/aromatic N) is 4. The van der Waals surface area contributed by atoms with E-state index >= 15 is 0 Å². The molecule has 2 aromatic carbocycles. The zero-order valence-electron chi connectivity index (χ0n) is 28.8. The van der Waals surface area contributed by atoms with Crippen LogP contribution in [0, 0.1) is 6.92 Å². The van der Waals surface area contributed by atoms with Crippen molar-refractivity contribution < 1.29 is 38.3 Å². The average Bonchev–Trinajstić information content (AvgIpc) is 3.78. The number of nitrogens with one attached hydrogen (secondary N) is 1. The lowest BCUT2D eigenvalue weighted by atomic mass is 9.93. The minimum Gasteiger partial charge on any atom is -0.463 e. The van der Waals surface area contributed by atoms with Crippen LogP contribution in [-0.2, 0) is 28.7 Å². The lowest BCUT2D eigenvalue weighted by molar-refractivity contribution is 0.0542. The number of rotatable bonds is 14. The third-order valence-corrected chi connectivity index (χ3v) is 9.61. The molecule has 5 rings (SSSR count). The van der Waals surface area contributed by atoms with Crippen molar-refractivity contribution in [1.82, 2.24) is 19.6 Å². The summed E-state index contributed by atoms with van der Waals surface area (Å²) in [6, 6.07) is 16.8. The third-order valence-electron chi connectivity index (χ3n) is 8.60. The standard InChI is InChI=1S/C36H43N5O7S.H2O/c1-5-7-17-39(18-8-6-2)35(44)30-19-24(3)41(37-30)31-14-13-27(38-49(46)33-16-15-32(48-33)36(45)47-4)21-29(31)34(43)40-22-26-12-10-9-11-25(26)20-28(40)23-42;/h9-16,19,21,28,38,42H,5-8,17-18,20,22-23H2,1-4H3;1H2/t28-,49?;/m0./s1. The van der Waals surface area contributed by atoms with Crippen LogP contribution in [0.2, 0.25) is 0 Å². The Labute approximate surface area is 294 Å². The number of carbonyl (C=O) groups excluding carboxylic acids is 3. The molecule has 0 saturated carbocycles. The van der Waals surface area contributed by atoms with Gasteiger partial charge in [0, 0.05) is 31.0 Å². The van der Waals surface area contributed by atoms with Gasteiger partial charge in [-0.3, -0.25) is 14.3 Å². The number of fused-ring (bicyclic) bond motifs is 1. The molecule has 2 atom stereocenters. The summed E-state index contributed by atoms with van der Waals surface area (Å²) in [6.07, 6.45) is 4.18. The molecule has 268 valence electrons. The lowest BCUT2D eigenvalue weighted by Crippen LogP contribution is -2.46. The quantitative estimate of drug-likeness (QED) is 0.180. The SMILES string of the molecule is CCCCN(CCCC)C(=O)c1cc(C)n(-c2ccc(NS(=O)c3ccc(C(=O)OC)o3)cc2C(=O)N2Cc3ccccc3C[C@H]2CO)n1.O. The molecular weight excluding hydrogens is 662 g/mol. The molecule has 2 aromatic heterocycles. The van der Waals surface area contributed by atoms with E-state index < -0.39 is 23.0 Å². The van der Waals surface area contributed by atoms with Gasteiger partial charge in [-0.05, 0) is 73.7 Å². The van der Waals surface area contributed by atoms with Crippen LogP contribution >= 0.6 is 0 Å². The number of aliphatic hydroxyl groups is 1. The zero-order valence-corrected chi connectivity index (χ0v) is 29.6. The van der Waals surface area contributed by atoms with Gasteiger partial charge in [0.05, 0.1) is 31.0 Å². The molecule has 4 N–H and O–H groups in total. The topological polar surface area (TPSA) is 179 Å². The Morgan fingerprint density at radius 2 is 1.74 bits per heavy atom. The third kappa shape index (κ3) is 8.32. The highest BCUT2D eigenvalue weighted by Crippen LogP contribution is 2.29.